The van der Waals surface area contributed by atoms with E-state index < -0.39 is 5.60 Å². The lowest BCUT2D eigenvalue weighted by molar-refractivity contribution is 0.0244. The second kappa shape index (κ2) is 6.14. The zero-order valence-corrected chi connectivity index (χ0v) is 11.0. The van der Waals surface area contributed by atoms with Crippen LogP contribution in [0.4, 0.5) is 0 Å². The fraction of sp³-hybridized carbons (Fsp3) is 1.00. The predicted octanol–water partition coefficient (Wildman–Crippen LogP) is 0.602. The van der Waals surface area contributed by atoms with Crippen molar-refractivity contribution in [3.05, 3.63) is 0 Å². The fourth-order valence-corrected chi connectivity index (χ4v) is 2.75. The molecule has 2 atom stereocenters. The van der Waals surface area contributed by atoms with Crippen molar-refractivity contribution in [1.82, 2.24) is 10.2 Å². The summed E-state index contributed by atoms with van der Waals surface area (Å²) in [5.41, 5.74) is -0.614. The van der Waals surface area contributed by atoms with Crippen LogP contribution in [0.1, 0.15) is 32.6 Å². The van der Waals surface area contributed by atoms with E-state index in [1.54, 1.807) is 0 Å². The molecule has 2 aliphatic heterocycles. The van der Waals surface area contributed by atoms with Crippen LogP contribution in [0.2, 0.25) is 0 Å². The number of nitrogens with one attached hydrogen (secondary N) is 1. The lowest BCUT2D eigenvalue weighted by atomic mass is 10.0. The quantitative estimate of drug-likeness (QED) is 0.758. The monoisotopic (exact) mass is 242 g/mol. The lowest BCUT2D eigenvalue weighted by Gasteiger charge is -2.25. The molecule has 0 aromatic carbocycles. The Balaban J connectivity index is 1.71. The Kier molecular flexibility index (Phi) is 4.79. The Morgan fingerprint density at radius 3 is 3.00 bits per heavy atom. The molecule has 2 aliphatic rings. The average Bonchev–Trinajstić information content (AvgIpc) is 2.64. The van der Waals surface area contributed by atoms with E-state index in [4.69, 9.17) is 4.74 Å². The number of nitrogens with zero attached hydrogens (tertiary/aromatic N) is 1. The molecule has 0 bridgehead atoms. The SMILES string of the molecule is CCN1CCCC(NCC2(O)CCOC2)CC1. The van der Waals surface area contributed by atoms with Crippen molar-refractivity contribution < 1.29 is 9.84 Å². The van der Waals surface area contributed by atoms with E-state index in [1.807, 2.05) is 0 Å². The molecular formula is C13H26N2O2. The van der Waals surface area contributed by atoms with Crippen molar-refractivity contribution in [1.29, 1.82) is 0 Å². The molecule has 2 fully saturated rings. The highest BCUT2D eigenvalue weighted by Gasteiger charge is 2.32. The third kappa shape index (κ3) is 3.91. The minimum atomic E-state index is -0.614. The standard InChI is InChI=1S/C13H26N2O2/c1-2-15-7-3-4-12(5-8-15)14-10-13(16)6-9-17-11-13/h12,14,16H,2-11H2,1H3. The van der Waals surface area contributed by atoms with Crippen LogP contribution < -0.4 is 5.32 Å². The van der Waals surface area contributed by atoms with Crippen LogP contribution in [-0.4, -0.2) is 61.0 Å². The van der Waals surface area contributed by atoms with Crippen molar-refractivity contribution in [2.45, 2.75) is 44.2 Å². The molecule has 4 heteroatoms. The summed E-state index contributed by atoms with van der Waals surface area (Å²) in [6.45, 7) is 7.67. The van der Waals surface area contributed by atoms with Gasteiger partial charge < -0.3 is 20.1 Å². The highest BCUT2D eigenvalue weighted by molar-refractivity contribution is 4.87. The van der Waals surface area contributed by atoms with E-state index in [2.05, 4.69) is 17.1 Å². The van der Waals surface area contributed by atoms with Gasteiger partial charge in [-0.15, -0.1) is 0 Å². The average molecular weight is 242 g/mol. The first-order valence-corrected chi connectivity index (χ1v) is 6.98. The van der Waals surface area contributed by atoms with Gasteiger partial charge in [-0.05, 0) is 38.9 Å². The fourth-order valence-electron chi connectivity index (χ4n) is 2.75. The van der Waals surface area contributed by atoms with Gasteiger partial charge in [-0.2, -0.15) is 0 Å². The van der Waals surface area contributed by atoms with Crippen LogP contribution >= 0.6 is 0 Å². The molecule has 0 aromatic heterocycles. The zero-order valence-electron chi connectivity index (χ0n) is 11.0. The van der Waals surface area contributed by atoms with Crippen molar-refractivity contribution in [3.63, 3.8) is 0 Å². The molecule has 2 unspecified atom stereocenters. The van der Waals surface area contributed by atoms with Crippen LogP contribution in [0, 0.1) is 0 Å². The Hall–Kier alpha value is -0.160. The van der Waals surface area contributed by atoms with Gasteiger partial charge in [0.05, 0.1) is 6.61 Å². The molecule has 2 heterocycles. The van der Waals surface area contributed by atoms with E-state index in [9.17, 15) is 5.11 Å². The third-order valence-electron chi connectivity index (χ3n) is 4.07. The van der Waals surface area contributed by atoms with Crippen molar-refractivity contribution in [2.24, 2.45) is 0 Å². The number of hydrogen-bond donors (Lipinski definition) is 2. The van der Waals surface area contributed by atoms with E-state index in [-0.39, 0.29) is 0 Å². The maximum absolute atomic E-state index is 10.2. The molecule has 2 N–H and O–H groups in total. The summed E-state index contributed by atoms with van der Waals surface area (Å²) in [6, 6.07) is 0.566. The number of ether oxygens (including phenoxy) is 1. The van der Waals surface area contributed by atoms with Crippen LogP contribution in [-0.2, 0) is 4.74 Å². The first-order chi connectivity index (χ1) is 8.22. The molecule has 0 aromatic rings. The highest BCUT2D eigenvalue weighted by atomic mass is 16.5. The van der Waals surface area contributed by atoms with Crippen molar-refractivity contribution in [2.75, 3.05) is 39.4 Å². The van der Waals surface area contributed by atoms with E-state index in [0.717, 1.165) is 13.0 Å². The normalized spacial score (nSPS) is 36.0. The van der Waals surface area contributed by atoms with Crippen LogP contribution in [0.5, 0.6) is 0 Å². The molecule has 2 rings (SSSR count). The first kappa shape index (κ1) is 13.3. The Morgan fingerprint density at radius 2 is 2.29 bits per heavy atom. The van der Waals surface area contributed by atoms with Gasteiger partial charge in [-0.25, -0.2) is 0 Å². The topological polar surface area (TPSA) is 44.7 Å². The largest absolute Gasteiger partial charge is 0.386 e. The molecule has 100 valence electrons. The summed E-state index contributed by atoms with van der Waals surface area (Å²) >= 11 is 0. The van der Waals surface area contributed by atoms with Gasteiger partial charge in [-0.3, -0.25) is 0 Å². The van der Waals surface area contributed by atoms with Gasteiger partial charge in [0, 0.05) is 25.6 Å². The molecule has 0 radical (unpaired) electrons. The maximum Gasteiger partial charge on any atom is 0.102 e. The van der Waals surface area contributed by atoms with Crippen LogP contribution in [0.25, 0.3) is 0 Å². The molecule has 4 nitrogen and oxygen atoms in total. The van der Waals surface area contributed by atoms with Crippen LogP contribution in [0.15, 0.2) is 0 Å². The van der Waals surface area contributed by atoms with Gasteiger partial charge in [0.25, 0.3) is 0 Å². The Morgan fingerprint density at radius 1 is 1.41 bits per heavy atom. The van der Waals surface area contributed by atoms with Gasteiger partial charge in [0.1, 0.15) is 5.60 Å². The summed E-state index contributed by atoms with van der Waals surface area (Å²) in [4.78, 5) is 2.51. The Bertz CT molecular complexity index is 229. The number of hydrogen-bond acceptors (Lipinski definition) is 4. The summed E-state index contributed by atoms with van der Waals surface area (Å²) in [5.74, 6) is 0. The molecule has 0 saturated carbocycles. The highest BCUT2D eigenvalue weighted by Crippen LogP contribution is 2.18. The Labute approximate surface area is 104 Å². The molecule has 17 heavy (non-hydrogen) atoms. The predicted molar refractivity (Wildman–Crippen MR) is 68.1 cm³/mol. The van der Waals surface area contributed by atoms with Crippen molar-refractivity contribution >= 4 is 0 Å². The second-order valence-electron chi connectivity index (χ2n) is 5.47. The minimum absolute atomic E-state index is 0.494. The maximum atomic E-state index is 10.2. The number of rotatable bonds is 4. The first-order valence-electron chi connectivity index (χ1n) is 6.98. The minimum Gasteiger partial charge on any atom is -0.386 e. The third-order valence-corrected chi connectivity index (χ3v) is 4.07. The lowest BCUT2D eigenvalue weighted by Crippen LogP contribution is -2.45. The van der Waals surface area contributed by atoms with Crippen LogP contribution in [0.3, 0.4) is 0 Å². The number of aliphatic hydroxyl groups is 1. The summed E-state index contributed by atoms with van der Waals surface area (Å²) in [6.07, 6.45) is 4.46. The number of likely N-dealkylation sites (tertiary alicyclic amines) is 1. The van der Waals surface area contributed by atoms with Gasteiger partial charge in [-0.1, -0.05) is 6.92 Å². The smallest absolute Gasteiger partial charge is 0.102 e. The molecule has 0 spiro atoms. The summed E-state index contributed by atoms with van der Waals surface area (Å²) in [7, 11) is 0. The van der Waals surface area contributed by atoms with Gasteiger partial charge >= 0.3 is 0 Å². The van der Waals surface area contributed by atoms with E-state index in [1.165, 1.54) is 32.4 Å². The molecular weight excluding hydrogens is 216 g/mol. The van der Waals surface area contributed by atoms with E-state index >= 15 is 0 Å². The van der Waals surface area contributed by atoms with Gasteiger partial charge in [0.15, 0.2) is 0 Å². The van der Waals surface area contributed by atoms with Crippen molar-refractivity contribution in [3.8, 4) is 0 Å². The molecule has 2 saturated heterocycles. The summed E-state index contributed by atoms with van der Waals surface area (Å²) < 4.78 is 5.26. The summed E-state index contributed by atoms with van der Waals surface area (Å²) in [5, 5.41) is 13.7. The second-order valence-corrected chi connectivity index (χ2v) is 5.47. The molecule has 0 amide bonds. The zero-order chi connectivity index (χ0) is 12.1. The van der Waals surface area contributed by atoms with Gasteiger partial charge in [0.2, 0.25) is 0 Å². The molecule has 0 aliphatic carbocycles. The van der Waals surface area contributed by atoms with E-state index in [0.29, 0.717) is 25.8 Å².